The normalized spacial score (nSPS) is 21.9. The summed E-state index contributed by atoms with van der Waals surface area (Å²) in [5.74, 6) is -3.03. The summed E-state index contributed by atoms with van der Waals surface area (Å²) in [6.45, 7) is 0.0188. The predicted molar refractivity (Wildman–Crippen MR) is 70.0 cm³/mol. The van der Waals surface area contributed by atoms with E-state index in [0.29, 0.717) is 5.56 Å². The zero-order chi connectivity index (χ0) is 16.3. The minimum atomic E-state index is -4.40. The maximum Gasteiger partial charge on any atom is 0.389 e. The van der Waals surface area contributed by atoms with Crippen molar-refractivity contribution >= 4 is 11.9 Å². The number of carboxylic acid groups (broad SMARTS) is 1. The summed E-state index contributed by atoms with van der Waals surface area (Å²) < 4.78 is 36.5. The molecule has 2 rings (SSSR count). The van der Waals surface area contributed by atoms with E-state index < -0.39 is 42.7 Å². The second-order valence-electron chi connectivity index (χ2n) is 5.25. The SMILES string of the molecule is O=C(O)[C@@H]1CN(C(=O)CCC(F)(F)F)C[C@H]1c1cccnc1. The van der Waals surface area contributed by atoms with Gasteiger partial charge in [-0.1, -0.05) is 6.07 Å². The van der Waals surface area contributed by atoms with Gasteiger partial charge in [0.1, 0.15) is 0 Å². The molecule has 1 fully saturated rings. The van der Waals surface area contributed by atoms with Crippen LogP contribution in [0.5, 0.6) is 0 Å². The molecule has 0 saturated carbocycles. The first kappa shape index (κ1) is 16.3. The van der Waals surface area contributed by atoms with Gasteiger partial charge in [0, 0.05) is 37.8 Å². The van der Waals surface area contributed by atoms with Crippen LogP contribution < -0.4 is 0 Å². The second kappa shape index (κ2) is 6.33. The Morgan fingerprint density at radius 2 is 2.09 bits per heavy atom. The predicted octanol–water partition coefficient (Wildman–Crippen LogP) is 2.05. The molecule has 8 heteroatoms. The minimum Gasteiger partial charge on any atom is -0.481 e. The molecule has 1 N–H and O–H groups in total. The number of aliphatic carboxylic acids is 1. The Kier molecular flexibility index (Phi) is 4.68. The Morgan fingerprint density at radius 3 is 2.64 bits per heavy atom. The van der Waals surface area contributed by atoms with Crippen molar-refractivity contribution in [1.29, 1.82) is 0 Å². The van der Waals surface area contributed by atoms with Gasteiger partial charge in [-0.2, -0.15) is 13.2 Å². The van der Waals surface area contributed by atoms with Gasteiger partial charge in [0.15, 0.2) is 0 Å². The molecular formula is C14H15F3N2O3. The zero-order valence-corrected chi connectivity index (χ0v) is 11.6. The molecule has 1 saturated heterocycles. The van der Waals surface area contributed by atoms with Crippen LogP contribution in [0.3, 0.4) is 0 Å². The summed E-state index contributed by atoms with van der Waals surface area (Å²) in [5, 5.41) is 9.27. The van der Waals surface area contributed by atoms with Crippen LogP contribution in [0.2, 0.25) is 0 Å². The number of halogens is 3. The van der Waals surface area contributed by atoms with Crippen LogP contribution in [-0.2, 0) is 9.59 Å². The molecule has 120 valence electrons. The third-order valence-electron chi connectivity index (χ3n) is 3.72. The monoisotopic (exact) mass is 316 g/mol. The highest BCUT2D eigenvalue weighted by Gasteiger charge is 2.41. The first-order valence-corrected chi connectivity index (χ1v) is 6.75. The van der Waals surface area contributed by atoms with Gasteiger partial charge in [-0.15, -0.1) is 0 Å². The number of amides is 1. The number of nitrogens with zero attached hydrogens (tertiary/aromatic N) is 2. The fraction of sp³-hybridized carbons (Fsp3) is 0.500. The lowest BCUT2D eigenvalue weighted by atomic mass is 9.90. The Bertz CT molecular complexity index is 548. The largest absolute Gasteiger partial charge is 0.481 e. The summed E-state index contributed by atoms with van der Waals surface area (Å²) in [6.07, 6.45) is -3.19. The molecule has 1 aliphatic heterocycles. The highest BCUT2D eigenvalue weighted by Crippen LogP contribution is 2.33. The molecule has 5 nitrogen and oxygen atoms in total. The van der Waals surface area contributed by atoms with Crippen molar-refractivity contribution in [3.8, 4) is 0 Å². The van der Waals surface area contributed by atoms with E-state index in [1.165, 1.54) is 11.1 Å². The molecule has 0 radical (unpaired) electrons. The van der Waals surface area contributed by atoms with Crippen LogP contribution in [0.1, 0.15) is 24.3 Å². The standard InChI is InChI=1S/C14H15F3N2O3/c15-14(16,17)4-3-12(20)19-7-10(11(8-19)13(21)22)9-2-1-5-18-6-9/h1-2,5-6,10-11H,3-4,7-8H2,(H,21,22)/t10-,11+/m0/s1. The zero-order valence-electron chi connectivity index (χ0n) is 11.6. The average molecular weight is 316 g/mol. The molecule has 22 heavy (non-hydrogen) atoms. The maximum absolute atomic E-state index is 12.2. The summed E-state index contributed by atoms with van der Waals surface area (Å²) in [5.41, 5.74) is 0.668. The van der Waals surface area contributed by atoms with Gasteiger partial charge in [-0.05, 0) is 11.6 Å². The van der Waals surface area contributed by atoms with Crippen molar-refractivity contribution in [2.45, 2.75) is 24.9 Å². The topological polar surface area (TPSA) is 70.5 Å². The number of carboxylic acids is 1. The van der Waals surface area contributed by atoms with Crippen LogP contribution in [0, 0.1) is 5.92 Å². The van der Waals surface area contributed by atoms with Gasteiger partial charge in [-0.3, -0.25) is 14.6 Å². The molecule has 1 aromatic rings. The van der Waals surface area contributed by atoms with Gasteiger partial charge in [-0.25, -0.2) is 0 Å². The van der Waals surface area contributed by atoms with E-state index in [9.17, 15) is 27.9 Å². The van der Waals surface area contributed by atoms with Crippen LogP contribution in [0.4, 0.5) is 13.2 Å². The maximum atomic E-state index is 12.2. The highest BCUT2D eigenvalue weighted by atomic mass is 19.4. The van der Waals surface area contributed by atoms with E-state index in [1.54, 1.807) is 18.3 Å². The van der Waals surface area contributed by atoms with Gasteiger partial charge < -0.3 is 10.0 Å². The number of rotatable bonds is 4. The van der Waals surface area contributed by atoms with Gasteiger partial charge in [0.05, 0.1) is 12.3 Å². The smallest absolute Gasteiger partial charge is 0.389 e. The lowest BCUT2D eigenvalue weighted by Gasteiger charge is -2.17. The molecule has 0 bridgehead atoms. The third-order valence-corrected chi connectivity index (χ3v) is 3.72. The molecule has 1 aromatic heterocycles. The number of carbonyl (C=O) groups excluding carboxylic acids is 1. The quantitative estimate of drug-likeness (QED) is 0.923. The molecule has 2 atom stereocenters. The third kappa shape index (κ3) is 3.96. The van der Waals surface area contributed by atoms with E-state index in [2.05, 4.69) is 4.98 Å². The number of alkyl halides is 3. The molecule has 0 unspecified atom stereocenters. The van der Waals surface area contributed by atoms with Gasteiger partial charge >= 0.3 is 12.1 Å². The highest BCUT2D eigenvalue weighted by molar-refractivity contribution is 5.79. The lowest BCUT2D eigenvalue weighted by molar-refractivity contribution is -0.149. The molecule has 1 aliphatic rings. The summed E-state index contributed by atoms with van der Waals surface area (Å²) >= 11 is 0. The summed E-state index contributed by atoms with van der Waals surface area (Å²) in [4.78, 5) is 28.3. The van der Waals surface area contributed by atoms with Crippen LogP contribution in [-0.4, -0.2) is 46.1 Å². The molecule has 1 amide bonds. The van der Waals surface area contributed by atoms with E-state index in [0.717, 1.165) is 0 Å². The van der Waals surface area contributed by atoms with E-state index in [-0.39, 0.29) is 13.1 Å². The number of likely N-dealkylation sites (tertiary alicyclic amines) is 1. The van der Waals surface area contributed by atoms with Crippen molar-refractivity contribution in [3.05, 3.63) is 30.1 Å². The Hall–Kier alpha value is -2.12. The van der Waals surface area contributed by atoms with E-state index in [1.807, 2.05) is 0 Å². The van der Waals surface area contributed by atoms with Crippen molar-refractivity contribution in [2.24, 2.45) is 5.92 Å². The molecule has 0 aliphatic carbocycles. The first-order chi connectivity index (χ1) is 10.3. The van der Waals surface area contributed by atoms with Crippen molar-refractivity contribution < 1.29 is 27.9 Å². The number of hydrogen-bond donors (Lipinski definition) is 1. The van der Waals surface area contributed by atoms with Crippen molar-refractivity contribution in [3.63, 3.8) is 0 Å². The molecule has 2 heterocycles. The van der Waals surface area contributed by atoms with Crippen LogP contribution in [0.15, 0.2) is 24.5 Å². The van der Waals surface area contributed by atoms with Crippen molar-refractivity contribution in [1.82, 2.24) is 9.88 Å². The fourth-order valence-electron chi connectivity index (χ4n) is 2.60. The Balaban J connectivity index is 2.08. The lowest BCUT2D eigenvalue weighted by Crippen LogP contribution is -2.30. The number of pyridine rings is 1. The van der Waals surface area contributed by atoms with E-state index in [4.69, 9.17) is 0 Å². The molecule has 0 spiro atoms. The van der Waals surface area contributed by atoms with Crippen LogP contribution >= 0.6 is 0 Å². The van der Waals surface area contributed by atoms with E-state index >= 15 is 0 Å². The second-order valence-corrected chi connectivity index (χ2v) is 5.25. The van der Waals surface area contributed by atoms with Gasteiger partial charge in [0.25, 0.3) is 0 Å². The first-order valence-electron chi connectivity index (χ1n) is 6.75. The van der Waals surface area contributed by atoms with Crippen molar-refractivity contribution in [2.75, 3.05) is 13.1 Å². The molecular weight excluding hydrogens is 301 g/mol. The summed E-state index contributed by atoms with van der Waals surface area (Å²) in [6, 6.07) is 3.36. The number of aromatic nitrogens is 1. The number of carbonyl (C=O) groups is 2. The Morgan fingerprint density at radius 1 is 1.36 bits per heavy atom. The summed E-state index contributed by atoms with van der Waals surface area (Å²) in [7, 11) is 0. The fourth-order valence-corrected chi connectivity index (χ4v) is 2.60. The van der Waals surface area contributed by atoms with Crippen LogP contribution in [0.25, 0.3) is 0 Å². The number of hydrogen-bond acceptors (Lipinski definition) is 3. The van der Waals surface area contributed by atoms with Gasteiger partial charge in [0.2, 0.25) is 5.91 Å². The Labute approximate surface area is 124 Å². The average Bonchev–Trinajstić information content (AvgIpc) is 2.90. The minimum absolute atomic E-state index is 0.0778. The molecule has 0 aromatic carbocycles.